The fourth-order valence-corrected chi connectivity index (χ4v) is 6.86. The second-order valence-corrected chi connectivity index (χ2v) is 12.6. The van der Waals surface area contributed by atoms with E-state index >= 15 is 0 Å². The van der Waals surface area contributed by atoms with Gasteiger partial charge in [0.25, 0.3) is 10.0 Å². The van der Waals surface area contributed by atoms with Crippen molar-refractivity contribution in [3.05, 3.63) is 78.2 Å². The number of fused-ring (bicyclic) bond motifs is 1. The summed E-state index contributed by atoms with van der Waals surface area (Å²) in [6, 6.07) is 16.6. The number of piperidine rings is 1. The number of hydrogen-bond donors (Lipinski definition) is 3. The van der Waals surface area contributed by atoms with E-state index in [4.69, 9.17) is 9.72 Å². The lowest BCUT2D eigenvalue weighted by Gasteiger charge is -2.23. The van der Waals surface area contributed by atoms with Crippen molar-refractivity contribution in [1.29, 1.82) is 0 Å². The van der Waals surface area contributed by atoms with E-state index in [2.05, 4.69) is 29.7 Å². The highest BCUT2D eigenvalue weighted by Gasteiger charge is 2.21. The largest absolute Gasteiger partial charge is 0.437 e. The highest BCUT2D eigenvalue weighted by molar-refractivity contribution is 7.94. The third-order valence-electron chi connectivity index (χ3n) is 6.86. The Morgan fingerprint density at radius 3 is 2.73 bits per heavy atom. The lowest BCUT2D eigenvalue weighted by molar-refractivity contribution is 0.466. The van der Waals surface area contributed by atoms with Crippen molar-refractivity contribution >= 4 is 44.0 Å². The summed E-state index contributed by atoms with van der Waals surface area (Å²) in [4.78, 5) is 13.7. The molecule has 4 heterocycles. The van der Waals surface area contributed by atoms with E-state index < -0.39 is 10.0 Å². The second kappa shape index (κ2) is 11.4. The highest BCUT2D eigenvalue weighted by atomic mass is 32.2. The predicted molar refractivity (Wildman–Crippen MR) is 161 cm³/mol. The number of aromatic nitrogens is 4. The molecule has 12 heteroatoms. The minimum Gasteiger partial charge on any atom is -0.437 e. The van der Waals surface area contributed by atoms with Gasteiger partial charge in [-0.2, -0.15) is 4.37 Å². The molecule has 210 valence electrons. The summed E-state index contributed by atoms with van der Waals surface area (Å²) in [6.45, 7) is 5.61. The van der Waals surface area contributed by atoms with Crippen LogP contribution in [0.4, 0.5) is 11.6 Å². The molecule has 1 saturated heterocycles. The molecule has 0 bridgehead atoms. The number of ether oxygens (including phenoxy) is 1. The minimum absolute atomic E-state index is 0.159. The zero-order valence-electron chi connectivity index (χ0n) is 22.6. The number of benzene rings is 2. The molecule has 3 N–H and O–H groups in total. The van der Waals surface area contributed by atoms with Crippen molar-refractivity contribution in [2.24, 2.45) is 0 Å². The fourth-order valence-electron chi connectivity index (χ4n) is 4.83. The SMILES string of the molecule is Cc1cc(S(=O)(=O)Nc2cccc3c(Oc4ncccc4-c4ccnc(NC5CCCNC5)n4)c(C)ccc23)sn1. The van der Waals surface area contributed by atoms with Gasteiger partial charge in [-0.25, -0.2) is 23.4 Å². The van der Waals surface area contributed by atoms with Crippen LogP contribution in [0, 0.1) is 13.8 Å². The van der Waals surface area contributed by atoms with E-state index in [1.54, 1.807) is 37.5 Å². The number of sulfonamides is 1. The molecule has 6 rings (SSSR count). The van der Waals surface area contributed by atoms with Crippen LogP contribution in [0.3, 0.4) is 0 Å². The van der Waals surface area contributed by atoms with Gasteiger partial charge in [-0.05, 0) is 80.7 Å². The Labute approximate surface area is 242 Å². The topological polar surface area (TPSA) is 131 Å². The predicted octanol–water partition coefficient (Wildman–Crippen LogP) is 5.52. The first-order chi connectivity index (χ1) is 19.9. The Kier molecular flexibility index (Phi) is 7.52. The fraction of sp³-hybridized carbons (Fsp3) is 0.241. The van der Waals surface area contributed by atoms with E-state index in [9.17, 15) is 8.42 Å². The lowest BCUT2D eigenvalue weighted by Crippen LogP contribution is -2.38. The van der Waals surface area contributed by atoms with E-state index in [0.717, 1.165) is 48.4 Å². The maximum absolute atomic E-state index is 13.1. The molecule has 0 aliphatic carbocycles. The van der Waals surface area contributed by atoms with Gasteiger partial charge in [0.1, 0.15) is 5.75 Å². The standard InChI is InChI=1S/C29H29N7O3S2/c1-18-10-11-21-22(7-3-9-25(21)36-41(37,38)26-16-19(2)35-40-26)27(18)39-28-23(8-5-14-31-28)24-12-15-32-29(34-24)33-20-6-4-13-30-17-20/h3,5,7-12,14-16,20,30,36H,4,6,13,17H2,1-2H3,(H,32,33,34). The van der Waals surface area contributed by atoms with Crippen molar-refractivity contribution in [3.8, 4) is 22.9 Å². The van der Waals surface area contributed by atoms with Crippen molar-refractivity contribution in [3.63, 3.8) is 0 Å². The molecular weight excluding hydrogens is 558 g/mol. The van der Waals surface area contributed by atoms with E-state index in [1.807, 2.05) is 43.3 Å². The van der Waals surface area contributed by atoms with Crippen LogP contribution in [0.25, 0.3) is 22.0 Å². The van der Waals surface area contributed by atoms with Gasteiger partial charge in [-0.15, -0.1) is 0 Å². The van der Waals surface area contributed by atoms with Crippen molar-refractivity contribution in [1.82, 2.24) is 24.6 Å². The Morgan fingerprint density at radius 2 is 1.93 bits per heavy atom. The first-order valence-electron chi connectivity index (χ1n) is 13.3. The van der Waals surface area contributed by atoms with Gasteiger partial charge < -0.3 is 15.4 Å². The van der Waals surface area contributed by atoms with E-state index in [-0.39, 0.29) is 10.3 Å². The molecule has 41 heavy (non-hydrogen) atoms. The summed E-state index contributed by atoms with van der Waals surface area (Å²) in [6.07, 6.45) is 5.56. The molecule has 2 aromatic carbocycles. The van der Waals surface area contributed by atoms with Gasteiger partial charge in [0.2, 0.25) is 11.8 Å². The van der Waals surface area contributed by atoms with Gasteiger partial charge in [0.15, 0.2) is 4.21 Å². The van der Waals surface area contributed by atoms with Crippen molar-refractivity contribution in [2.75, 3.05) is 23.1 Å². The normalized spacial score (nSPS) is 15.5. The van der Waals surface area contributed by atoms with E-state index in [0.29, 0.717) is 45.6 Å². The molecular formula is C29H29N7O3S2. The smallest absolute Gasteiger partial charge is 0.273 e. The molecule has 1 atom stereocenters. The van der Waals surface area contributed by atoms with Crippen LogP contribution in [-0.4, -0.2) is 46.9 Å². The summed E-state index contributed by atoms with van der Waals surface area (Å²) in [7, 11) is -3.79. The number of nitrogens with zero attached hydrogens (tertiary/aromatic N) is 4. The van der Waals surface area contributed by atoms with E-state index in [1.165, 1.54) is 0 Å². The van der Waals surface area contributed by atoms with Gasteiger partial charge in [-0.3, -0.25) is 4.72 Å². The molecule has 1 aliphatic heterocycles. The highest BCUT2D eigenvalue weighted by Crippen LogP contribution is 2.39. The average molecular weight is 588 g/mol. The molecule has 0 spiro atoms. The molecule has 0 amide bonds. The average Bonchev–Trinajstić information content (AvgIpc) is 3.43. The van der Waals surface area contributed by atoms with Crippen LogP contribution in [0.5, 0.6) is 11.6 Å². The molecule has 0 saturated carbocycles. The summed E-state index contributed by atoms with van der Waals surface area (Å²) in [5.74, 6) is 1.52. The maximum atomic E-state index is 13.1. The third-order valence-corrected chi connectivity index (χ3v) is 9.55. The Balaban J connectivity index is 1.33. The molecule has 1 fully saturated rings. The van der Waals surface area contributed by atoms with Crippen LogP contribution in [0.15, 0.2) is 71.2 Å². The van der Waals surface area contributed by atoms with Crippen LogP contribution in [-0.2, 0) is 10.0 Å². The summed E-state index contributed by atoms with van der Waals surface area (Å²) < 4.78 is 39.6. The number of anilines is 2. The number of aryl methyl sites for hydroxylation is 2. The molecule has 5 aromatic rings. The minimum atomic E-state index is -3.79. The lowest BCUT2D eigenvalue weighted by atomic mass is 10.0. The summed E-state index contributed by atoms with van der Waals surface area (Å²) in [5, 5.41) is 8.27. The summed E-state index contributed by atoms with van der Waals surface area (Å²) in [5.41, 5.74) is 3.38. The number of nitrogens with one attached hydrogen (secondary N) is 3. The molecule has 0 radical (unpaired) electrons. The van der Waals surface area contributed by atoms with Crippen molar-refractivity contribution in [2.45, 2.75) is 36.9 Å². The van der Waals surface area contributed by atoms with Gasteiger partial charge in [-0.1, -0.05) is 24.3 Å². The zero-order valence-corrected chi connectivity index (χ0v) is 24.2. The number of hydrogen-bond acceptors (Lipinski definition) is 10. The molecule has 3 aromatic heterocycles. The van der Waals surface area contributed by atoms with Gasteiger partial charge in [0.05, 0.1) is 22.6 Å². The summed E-state index contributed by atoms with van der Waals surface area (Å²) >= 11 is 0.947. The van der Waals surface area contributed by atoms with Crippen molar-refractivity contribution < 1.29 is 13.2 Å². The number of rotatable bonds is 8. The Morgan fingerprint density at radius 1 is 1.02 bits per heavy atom. The zero-order chi connectivity index (χ0) is 28.4. The third kappa shape index (κ3) is 5.85. The molecule has 10 nitrogen and oxygen atoms in total. The number of pyridine rings is 1. The van der Waals surface area contributed by atoms with Crippen LogP contribution in [0.1, 0.15) is 24.1 Å². The van der Waals surface area contributed by atoms with Gasteiger partial charge in [0, 0.05) is 35.8 Å². The second-order valence-electron chi connectivity index (χ2n) is 9.92. The van der Waals surface area contributed by atoms with Crippen LogP contribution < -0.4 is 20.1 Å². The Hall–Kier alpha value is -4.13. The molecule has 1 unspecified atom stereocenters. The molecule has 1 aliphatic rings. The first-order valence-corrected chi connectivity index (χ1v) is 15.5. The Bertz CT molecular complexity index is 1820. The van der Waals surface area contributed by atoms with Crippen LogP contribution in [0.2, 0.25) is 0 Å². The monoisotopic (exact) mass is 587 g/mol. The maximum Gasteiger partial charge on any atom is 0.273 e. The quantitative estimate of drug-likeness (QED) is 0.215. The first kappa shape index (κ1) is 27.1. The van der Waals surface area contributed by atoms with Crippen LogP contribution >= 0.6 is 11.5 Å². The van der Waals surface area contributed by atoms with Gasteiger partial charge >= 0.3 is 0 Å².